The fourth-order valence-electron chi connectivity index (χ4n) is 19.1. The molecule has 24 rings (SSSR count). The minimum atomic E-state index is 0.503. The van der Waals surface area contributed by atoms with E-state index in [4.69, 9.17) is 23.8 Å². The van der Waals surface area contributed by atoms with Gasteiger partial charge in [0.1, 0.15) is 17.5 Å². The van der Waals surface area contributed by atoms with Gasteiger partial charge in [-0.05, 0) is 223 Å². The minimum Gasteiger partial charge on any atom is -0.454 e. The second-order valence-electron chi connectivity index (χ2n) is 30.9. The molecule has 0 bridgehead atoms. The quantitative estimate of drug-likeness (QED) is 0.0891. The van der Waals surface area contributed by atoms with Gasteiger partial charge in [-0.1, -0.05) is 297 Å². The molecule has 0 spiro atoms. The number of furan rings is 2. The number of anilines is 6. The van der Waals surface area contributed by atoms with Gasteiger partial charge in [0, 0.05) is 60.2 Å². The van der Waals surface area contributed by atoms with Gasteiger partial charge in [0.05, 0.1) is 22.7 Å². The maximum atomic E-state index is 8.22. The van der Waals surface area contributed by atoms with Gasteiger partial charge >= 0.3 is 0 Å². The molecule has 0 atom stereocenters. The molecule has 3 aromatic heterocycles. The summed E-state index contributed by atoms with van der Waals surface area (Å²) in [6.07, 6.45) is 1.67. The molecule has 0 amide bonds. The summed E-state index contributed by atoms with van der Waals surface area (Å²) in [4.78, 5) is 20.8. The van der Waals surface area contributed by atoms with Gasteiger partial charge in [-0.25, -0.2) is 15.0 Å². The van der Waals surface area contributed by atoms with Crippen LogP contribution in [0.1, 0.15) is 5.56 Å². The van der Waals surface area contributed by atoms with E-state index in [1.165, 1.54) is 16.5 Å². The summed E-state index contributed by atoms with van der Waals surface area (Å²) in [5, 5.41) is 23.4. The third-order valence-corrected chi connectivity index (χ3v) is 24.2. The maximum Gasteiger partial charge on any atom is 0.164 e. The van der Waals surface area contributed by atoms with Gasteiger partial charge in [-0.3, -0.25) is 0 Å². The summed E-state index contributed by atoms with van der Waals surface area (Å²) in [5.41, 5.74) is 20.4. The van der Waals surface area contributed by atoms with Crippen molar-refractivity contribution in [2.45, 2.75) is 6.92 Å². The van der Waals surface area contributed by atoms with Gasteiger partial charge in [-0.15, -0.1) is 0 Å². The average molecular weight is 1490 g/mol. The lowest BCUT2D eigenvalue weighted by Gasteiger charge is -2.30. The Balaban J connectivity index is 0.869. The van der Waals surface area contributed by atoms with E-state index in [-0.39, 0.29) is 0 Å². The van der Waals surface area contributed by atoms with Gasteiger partial charge in [0.2, 0.25) is 0 Å². The minimum absolute atomic E-state index is 0.503. The summed E-state index contributed by atoms with van der Waals surface area (Å²) < 4.78 is 16.2. The summed E-state index contributed by atoms with van der Waals surface area (Å²) in [6, 6.07) is 139. The Morgan fingerprint density at radius 2 is 0.709 bits per heavy atom. The van der Waals surface area contributed by atoms with E-state index in [1.807, 2.05) is 0 Å². The molecule has 7 heteroatoms. The predicted molar refractivity (Wildman–Crippen MR) is 490 cm³/mol. The van der Waals surface area contributed by atoms with Gasteiger partial charge in [0.25, 0.3) is 0 Å². The van der Waals surface area contributed by atoms with E-state index < -0.39 is 0 Å². The molecule has 117 heavy (non-hydrogen) atoms. The fourth-order valence-corrected chi connectivity index (χ4v) is 19.1. The van der Waals surface area contributed by atoms with Crippen molar-refractivity contribution in [3.8, 4) is 67.3 Å². The zero-order valence-electron chi connectivity index (χ0n) is 63.5. The van der Waals surface area contributed by atoms with Crippen molar-refractivity contribution in [3.05, 3.63) is 394 Å². The number of benzene rings is 20. The first-order chi connectivity index (χ1) is 57.9. The first kappa shape index (κ1) is 66.1. The van der Waals surface area contributed by atoms with Crippen LogP contribution >= 0.6 is 0 Å². The van der Waals surface area contributed by atoms with Crippen LogP contribution in [0.15, 0.2) is 397 Å². The number of hydrogen-bond donors (Lipinski definition) is 0. The number of nitrogens with zero attached hydrogens (tertiary/aromatic N) is 5. The Bertz CT molecular complexity index is 8120. The van der Waals surface area contributed by atoms with Crippen molar-refractivity contribution in [1.82, 2.24) is 15.0 Å². The Morgan fingerprint density at radius 1 is 0.239 bits per heavy atom. The molecular weight excluding hydrogens is 1420 g/mol. The largest absolute Gasteiger partial charge is 0.454 e. The topological polar surface area (TPSA) is 71.4 Å². The molecule has 0 aliphatic rings. The molecule has 7 nitrogen and oxygen atoms in total. The first-order valence-electron chi connectivity index (χ1n) is 39.9. The smallest absolute Gasteiger partial charge is 0.164 e. The molecule has 0 unspecified atom stereocenters. The molecule has 21 aromatic carbocycles. The lowest BCUT2D eigenvalue weighted by molar-refractivity contribution is 0.669. The van der Waals surface area contributed by atoms with Gasteiger partial charge in [0.15, 0.2) is 22.8 Å². The Morgan fingerprint density at radius 3 is 1.35 bits per heavy atom. The summed E-state index contributed by atoms with van der Waals surface area (Å²) in [5.74, 6) is 1.08. The molecule has 544 valence electrons. The second kappa shape index (κ2) is 26.3. The number of hydrogen-bond acceptors (Lipinski definition) is 7. The molecule has 0 aliphatic carbocycles. The Labute approximate surface area is 672 Å². The summed E-state index contributed by atoms with van der Waals surface area (Å²) >= 11 is 0. The molecule has 3 heterocycles. The highest BCUT2D eigenvalue weighted by molar-refractivity contribution is 6.39. The Hall–Kier alpha value is -15.6. The van der Waals surface area contributed by atoms with Crippen LogP contribution in [0, 0.1) is 6.92 Å². The van der Waals surface area contributed by atoms with Crippen LogP contribution in [0.5, 0.6) is 0 Å². The molecular formula is C110H67N5O2. The van der Waals surface area contributed by atoms with E-state index >= 15 is 0 Å². The molecule has 0 aliphatic heterocycles. The molecule has 0 radical (unpaired) electrons. The van der Waals surface area contributed by atoms with Crippen molar-refractivity contribution in [1.29, 1.82) is 0 Å². The van der Waals surface area contributed by atoms with Crippen molar-refractivity contribution in [2.24, 2.45) is 0 Å². The number of rotatable bonds is 12. The van der Waals surface area contributed by atoms with Crippen molar-refractivity contribution in [2.75, 3.05) is 9.80 Å². The van der Waals surface area contributed by atoms with Crippen LogP contribution in [0.3, 0.4) is 0 Å². The number of fused-ring (bicyclic) bond motifs is 10. The Kier molecular flexibility index (Phi) is 14.8. The van der Waals surface area contributed by atoms with Crippen LogP contribution in [0.4, 0.5) is 34.1 Å². The zero-order chi connectivity index (χ0) is 76.9. The van der Waals surface area contributed by atoms with E-state index in [1.54, 1.807) is 6.33 Å². The van der Waals surface area contributed by atoms with Crippen LogP contribution in [-0.4, -0.2) is 15.0 Å². The average Bonchev–Trinajstić information content (AvgIpc) is 1.56. The van der Waals surface area contributed by atoms with E-state index in [0.717, 1.165) is 208 Å². The van der Waals surface area contributed by atoms with Crippen LogP contribution in [-0.2, 0) is 0 Å². The SMILES string of the molecule is Cc1cccc(N(c2cccc(-c3ccccc3)c2)c2ccc3c4ccc(N(c5cccc6ccccc56)c5c6ccccc6c(-c6ccccc6)c6ccccc56)c5oc6cc(-c7cc8ccc(-c9ccccc9)cc8c8ccccc78)cc(c7cc(-c8ncnc(-c9c%10ccccc%10cc%10ccccc9%10)n8)cc8oc2c3c87)c6c54)c1. The van der Waals surface area contributed by atoms with Crippen LogP contribution < -0.4 is 9.80 Å². The maximum absolute atomic E-state index is 8.22. The van der Waals surface area contributed by atoms with E-state index in [9.17, 15) is 0 Å². The second-order valence-corrected chi connectivity index (χ2v) is 30.9. The number of aromatic nitrogens is 3. The van der Waals surface area contributed by atoms with Gasteiger partial charge in [-0.2, -0.15) is 0 Å². The third kappa shape index (κ3) is 10.4. The summed E-state index contributed by atoms with van der Waals surface area (Å²) in [6.45, 7) is 2.16. The van der Waals surface area contributed by atoms with Crippen molar-refractivity contribution >= 4 is 175 Å². The van der Waals surface area contributed by atoms with Crippen molar-refractivity contribution in [3.63, 3.8) is 0 Å². The highest BCUT2D eigenvalue weighted by Crippen LogP contribution is 2.57. The van der Waals surface area contributed by atoms with Crippen molar-refractivity contribution < 1.29 is 8.83 Å². The first-order valence-corrected chi connectivity index (χ1v) is 39.9. The lowest BCUT2D eigenvalue weighted by atomic mass is 9.88. The monoisotopic (exact) mass is 1490 g/mol. The highest BCUT2D eigenvalue weighted by Gasteiger charge is 2.32. The molecule has 0 saturated heterocycles. The molecule has 0 N–H and O–H groups in total. The molecule has 0 fully saturated rings. The van der Waals surface area contributed by atoms with Crippen LogP contribution in [0.25, 0.3) is 208 Å². The standard InChI is InChI=1S/C110H67N5O2/c1-66-26-23-38-78(56-66)114(79-39-24-37-71(58-79)67-27-5-2-6-28-67)96-54-52-87-88-53-55-97(115(95-49-25-36-69-31-11-14-40-80(69)95)106-89-47-21-19-45-85(89)100(70-32-9-4-10-33-70)86-46-20-22-48-90(86)106)108-105(88)102-93(61-76(63-98(102)116-108)92-60-75-51-50-72(68-29-7-3-8-30-68)59-91(75)83-43-17-18-44-84(83)92)94-62-77(64-99-103(94)104(87)107(96)117-99)109-111-65-112-110(113-109)101-81-41-15-12-34-73(81)57-74-35-13-16-42-82(74)101/h2-65H,1H3. The zero-order valence-corrected chi connectivity index (χ0v) is 63.5. The molecule has 0 saturated carbocycles. The van der Waals surface area contributed by atoms with Gasteiger partial charge < -0.3 is 18.6 Å². The predicted octanol–water partition coefficient (Wildman–Crippen LogP) is 30.7. The normalized spacial score (nSPS) is 12.0. The third-order valence-electron chi connectivity index (χ3n) is 24.2. The van der Waals surface area contributed by atoms with Crippen LogP contribution in [0.2, 0.25) is 0 Å². The highest BCUT2D eigenvalue weighted by atomic mass is 16.3. The lowest BCUT2D eigenvalue weighted by Crippen LogP contribution is -2.12. The molecule has 24 aromatic rings. The van der Waals surface area contributed by atoms with E-state index in [2.05, 4.69) is 399 Å². The van der Waals surface area contributed by atoms with E-state index in [0.29, 0.717) is 22.8 Å². The number of aryl methyl sites for hydroxylation is 1. The summed E-state index contributed by atoms with van der Waals surface area (Å²) in [7, 11) is 0. The fraction of sp³-hybridized carbons (Fsp3) is 0.00909.